The van der Waals surface area contributed by atoms with Gasteiger partial charge < -0.3 is 14.0 Å². The van der Waals surface area contributed by atoms with Gasteiger partial charge in [-0.2, -0.15) is 0 Å². The van der Waals surface area contributed by atoms with Crippen molar-refractivity contribution in [1.82, 2.24) is 9.13 Å². The first kappa shape index (κ1) is 46.5. The lowest BCUT2D eigenvalue weighted by Crippen LogP contribution is -2.60. The molecule has 0 radical (unpaired) electrons. The lowest BCUT2D eigenvalue weighted by Gasteiger charge is -2.42. The Kier molecular flexibility index (Phi) is 11.4. The van der Waals surface area contributed by atoms with E-state index >= 15 is 0 Å². The molecule has 0 aliphatic carbocycles. The Morgan fingerprint density at radius 3 is 1.45 bits per heavy atom. The highest BCUT2D eigenvalue weighted by Crippen LogP contribution is 2.51. The van der Waals surface area contributed by atoms with Crippen molar-refractivity contribution in [2.24, 2.45) is 0 Å². The highest BCUT2D eigenvalue weighted by molar-refractivity contribution is 8.00. The third kappa shape index (κ3) is 7.65. The van der Waals surface area contributed by atoms with E-state index in [1.165, 1.54) is 158 Å². The zero-order chi connectivity index (χ0) is 51.1. The molecule has 0 amide bonds. The summed E-state index contributed by atoms with van der Waals surface area (Å²) in [4.78, 5) is 5.39. The second-order valence-electron chi connectivity index (χ2n) is 22.2. The fourth-order valence-electron chi connectivity index (χ4n) is 12.8. The Hall–Kier alpha value is -7.99. The van der Waals surface area contributed by atoms with Crippen LogP contribution >= 0.6 is 11.8 Å². The molecular weight excluding hydrogens is 938 g/mol. The molecule has 14 rings (SSSR count). The maximum absolute atomic E-state index is 2.72. The Labute approximate surface area is 451 Å². The van der Waals surface area contributed by atoms with Crippen molar-refractivity contribution in [1.29, 1.82) is 0 Å². The van der Waals surface area contributed by atoms with Gasteiger partial charge in [0, 0.05) is 65.2 Å². The van der Waals surface area contributed by atoms with Crippen molar-refractivity contribution in [2.45, 2.75) is 81.4 Å². The number of hydrogen-bond donors (Lipinski definition) is 0. The normalized spacial score (nSPS) is 12.9. The summed E-state index contributed by atoms with van der Waals surface area (Å²) in [6.45, 7) is 9.37. The molecule has 368 valence electrons. The summed E-state index contributed by atoms with van der Waals surface area (Å²) in [7, 11) is 0. The molecule has 12 aromatic rings. The predicted molar refractivity (Wildman–Crippen MR) is 327 cm³/mol. The molecule has 4 heterocycles. The first-order valence-electron chi connectivity index (χ1n) is 27.5. The summed E-state index contributed by atoms with van der Waals surface area (Å²) in [5.41, 5.74) is 22.5. The SMILES string of the molecule is CCCCCCCc1cc2c3c(c1)N(c1c(-c4ccccc4)cc(C(C)(C)C)cc1-c1ccccc1)c1cc(-n4c5ccccc5c5ccccc54)ccc1B3c1ccc(-n3c4ccccc4c4ccccc43)cc1S2. The van der Waals surface area contributed by atoms with Crippen LogP contribution in [0.2, 0.25) is 0 Å². The molecule has 0 fully saturated rings. The standard InChI is InChI=1S/C71H60BN3S/c1-5-6-7-8-11-24-47-41-66-69-68(42-47)76-67-46-52(74-63-35-22-18-31-55(63)56-32-19-23-36-64(56)74)38-40-60(67)72(69)59-39-37-51(73-61-33-20-16-29-53(61)54-30-17-21-34-62(54)73)45-65(59)75(66)70-57(48-25-12-9-13-26-48)43-50(71(2,3)4)44-58(70)49-27-14-10-15-28-49/h9-10,12-23,25-46H,5-8,11,24H2,1-4H3. The molecule has 2 aromatic heterocycles. The third-order valence-electron chi connectivity index (χ3n) is 16.4. The summed E-state index contributed by atoms with van der Waals surface area (Å²) in [5, 5.41) is 5.09. The summed E-state index contributed by atoms with van der Waals surface area (Å²) >= 11 is 1.97. The fraction of sp³-hybridized carbons (Fsp3) is 0.155. The first-order valence-corrected chi connectivity index (χ1v) is 28.3. The van der Waals surface area contributed by atoms with Crippen molar-refractivity contribution < 1.29 is 0 Å². The molecule has 0 bridgehead atoms. The van der Waals surface area contributed by atoms with Crippen LogP contribution in [0.4, 0.5) is 17.1 Å². The van der Waals surface area contributed by atoms with Gasteiger partial charge in [0.05, 0.1) is 27.8 Å². The van der Waals surface area contributed by atoms with Crippen LogP contribution in [0.1, 0.15) is 70.9 Å². The predicted octanol–water partition coefficient (Wildman–Crippen LogP) is 17.8. The molecule has 0 saturated heterocycles. The van der Waals surface area contributed by atoms with Crippen molar-refractivity contribution in [3.05, 3.63) is 230 Å². The van der Waals surface area contributed by atoms with Crippen LogP contribution in [0.25, 0.3) is 77.2 Å². The Morgan fingerprint density at radius 2 is 0.921 bits per heavy atom. The van der Waals surface area contributed by atoms with Gasteiger partial charge >= 0.3 is 0 Å². The Balaban J connectivity index is 1.08. The highest BCUT2D eigenvalue weighted by Gasteiger charge is 2.43. The summed E-state index contributed by atoms with van der Waals surface area (Å²) in [6.07, 6.45) is 7.23. The van der Waals surface area contributed by atoms with Crippen LogP contribution in [0.5, 0.6) is 0 Å². The van der Waals surface area contributed by atoms with Crippen LogP contribution in [0, 0.1) is 0 Å². The molecule has 3 nitrogen and oxygen atoms in total. The smallest absolute Gasteiger partial charge is 0.249 e. The second-order valence-corrected chi connectivity index (χ2v) is 23.3. The molecule has 2 aliphatic heterocycles. The quantitative estimate of drug-likeness (QED) is 0.0946. The molecule has 2 aliphatic rings. The number of hydrogen-bond acceptors (Lipinski definition) is 2. The van der Waals surface area contributed by atoms with Gasteiger partial charge in [-0.1, -0.05) is 216 Å². The zero-order valence-corrected chi connectivity index (χ0v) is 44.7. The van der Waals surface area contributed by atoms with Crippen molar-refractivity contribution in [2.75, 3.05) is 4.90 Å². The van der Waals surface area contributed by atoms with Gasteiger partial charge in [0.25, 0.3) is 0 Å². The second kappa shape index (κ2) is 18.7. The lowest BCUT2D eigenvalue weighted by atomic mass is 9.34. The molecule has 5 heteroatoms. The van der Waals surface area contributed by atoms with Crippen LogP contribution in [-0.2, 0) is 11.8 Å². The number of aryl methyl sites for hydroxylation is 1. The van der Waals surface area contributed by atoms with Gasteiger partial charge in [-0.25, -0.2) is 0 Å². The number of aromatic nitrogens is 2. The average molecular weight is 998 g/mol. The number of unbranched alkanes of at least 4 members (excludes halogenated alkanes) is 4. The highest BCUT2D eigenvalue weighted by atomic mass is 32.2. The van der Waals surface area contributed by atoms with Crippen molar-refractivity contribution in [3.63, 3.8) is 0 Å². The minimum atomic E-state index is -0.102. The molecule has 76 heavy (non-hydrogen) atoms. The fourth-order valence-corrected chi connectivity index (χ4v) is 14.0. The average Bonchev–Trinajstić information content (AvgIpc) is 4.08. The lowest BCUT2D eigenvalue weighted by molar-refractivity contribution is 0.591. The minimum absolute atomic E-state index is 0.000274. The van der Waals surface area contributed by atoms with Crippen LogP contribution < -0.4 is 21.3 Å². The Bertz CT molecular complexity index is 4050. The first-order chi connectivity index (χ1) is 37.3. The van der Waals surface area contributed by atoms with E-state index in [2.05, 4.69) is 260 Å². The molecular formula is C71H60BN3S. The maximum Gasteiger partial charge on any atom is 0.249 e. The number of nitrogens with zero attached hydrogens (tertiary/aromatic N) is 3. The monoisotopic (exact) mass is 997 g/mol. The summed E-state index contributed by atoms with van der Waals surface area (Å²) < 4.78 is 4.98. The topological polar surface area (TPSA) is 13.1 Å². The molecule has 10 aromatic carbocycles. The van der Waals surface area contributed by atoms with E-state index in [1.807, 2.05) is 11.8 Å². The van der Waals surface area contributed by atoms with Crippen LogP contribution in [0.15, 0.2) is 228 Å². The van der Waals surface area contributed by atoms with Gasteiger partial charge in [0.1, 0.15) is 0 Å². The van der Waals surface area contributed by atoms with Crippen LogP contribution in [-0.4, -0.2) is 15.8 Å². The van der Waals surface area contributed by atoms with Gasteiger partial charge in [0.2, 0.25) is 6.71 Å². The van der Waals surface area contributed by atoms with Gasteiger partial charge in [0.15, 0.2) is 0 Å². The van der Waals surface area contributed by atoms with E-state index in [1.54, 1.807) is 0 Å². The maximum atomic E-state index is 2.72. The van der Waals surface area contributed by atoms with Crippen molar-refractivity contribution >= 4 is 95.5 Å². The number of rotatable bonds is 11. The minimum Gasteiger partial charge on any atom is -0.310 e. The number of para-hydroxylation sites is 4. The van der Waals surface area contributed by atoms with E-state index in [0.717, 1.165) is 12.1 Å². The molecule has 0 spiro atoms. The molecule has 0 saturated carbocycles. The van der Waals surface area contributed by atoms with Gasteiger partial charge in [-0.15, -0.1) is 0 Å². The molecule has 0 unspecified atom stereocenters. The van der Waals surface area contributed by atoms with E-state index in [9.17, 15) is 0 Å². The molecule has 0 N–H and O–H groups in total. The van der Waals surface area contributed by atoms with Crippen molar-refractivity contribution in [3.8, 4) is 33.6 Å². The van der Waals surface area contributed by atoms with E-state index < -0.39 is 0 Å². The van der Waals surface area contributed by atoms with Gasteiger partial charge in [-0.3, -0.25) is 0 Å². The number of anilines is 3. The summed E-state index contributed by atoms with van der Waals surface area (Å²) in [6, 6.07) is 82.9. The van der Waals surface area contributed by atoms with E-state index in [4.69, 9.17) is 0 Å². The van der Waals surface area contributed by atoms with E-state index in [-0.39, 0.29) is 12.1 Å². The van der Waals surface area contributed by atoms with Gasteiger partial charge in [-0.05, 0) is 124 Å². The molecule has 0 atom stereocenters. The summed E-state index contributed by atoms with van der Waals surface area (Å²) in [5.74, 6) is 0. The Morgan fingerprint density at radius 1 is 0.434 bits per heavy atom. The number of fused-ring (bicyclic) bond motifs is 10. The zero-order valence-electron chi connectivity index (χ0n) is 43.9. The largest absolute Gasteiger partial charge is 0.310 e. The van der Waals surface area contributed by atoms with Crippen LogP contribution in [0.3, 0.4) is 0 Å². The third-order valence-corrected chi connectivity index (χ3v) is 17.5. The number of benzene rings is 10. The van der Waals surface area contributed by atoms with E-state index in [0.29, 0.717) is 0 Å².